The highest BCUT2D eigenvalue weighted by molar-refractivity contribution is 7.99. The van der Waals surface area contributed by atoms with Crippen molar-refractivity contribution in [3.05, 3.63) is 29.8 Å². The lowest BCUT2D eigenvalue weighted by Crippen LogP contribution is -2.31. The van der Waals surface area contributed by atoms with E-state index < -0.39 is 0 Å². The summed E-state index contributed by atoms with van der Waals surface area (Å²) in [6.07, 6.45) is 6.48. The fraction of sp³-hybridized carbons (Fsp3) is 0.565. The number of hydrogen-bond acceptors (Lipinski definition) is 6. The van der Waals surface area contributed by atoms with Crippen molar-refractivity contribution in [2.75, 3.05) is 29.1 Å². The van der Waals surface area contributed by atoms with E-state index in [0.29, 0.717) is 29.7 Å². The second-order valence-electron chi connectivity index (χ2n) is 8.87. The molecule has 0 unspecified atom stereocenters. The van der Waals surface area contributed by atoms with Gasteiger partial charge in [0, 0.05) is 36.8 Å². The summed E-state index contributed by atoms with van der Waals surface area (Å²) in [6.45, 7) is 6.10. The molecule has 1 amide bonds. The maximum Gasteiger partial charge on any atom is 0.228 e. The van der Waals surface area contributed by atoms with Crippen LogP contribution < -0.4 is 10.2 Å². The Morgan fingerprint density at radius 2 is 1.81 bits per heavy atom. The number of nitrogens with zero attached hydrogens (tertiary/aromatic N) is 4. The Balaban J connectivity index is 1.36. The third-order valence-electron chi connectivity index (χ3n) is 5.61. The highest BCUT2D eigenvalue weighted by Crippen LogP contribution is 2.41. The molecule has 0 spiro atoms. The number of nitrogens with one attached hydrogen (secondary N) is 1. The topological polar surface area (TPSA) is 80.1 Å². The van der Waals surface area contributed by atoms with Gasteiger partial charge < -0.3 is 10.2 Å². The molecule has 1 saturated carbocycles. The van der Waals surface area contributed by atoms with Crippen LogP contribution in [-0.2, 0) is 4.79 Å². The number of thioether (sulfide) groups is 1. The molecule has 1 aromatic carbocycles. The van der Waals surface area contributed by atoms with Crippen LogP contribution >= 0.6 is 11.8 Å². The summed E-state index contributed by atoms with van der Waals surface area (Å²) in [5.74, 6) is 1.65. The first-order valence-corrected chi connectivity index (χ1v) is 12.3. The standard InChI is InChI=1S/C23H31N5O2S/c1-16(2)14-21(30)24-18-8-6-17(7-9-18)20(29)15-31-23-26-25-22(28(23)19-10-11-19)27-12-4-3-5-13-27/h6-9,16,19H,3-5,10-15H2,1-2H3,(H,24,30). The van der Waals surface area contributed by atoms with Crippen molar-refractivity contribution >= 4 is 35.1 Å². The first-order valence-electron chi connectivity index (χ1n) is 11.3. The Bertz CT molecular complexity index is 915. The molecule has 1 aliphatic carbocycles. The van der Waals surface area contributed by atoms with Crippen LogP contribution in [0, 0.1) is 5.92 Å². The van der Waals surface area contributed by atoms with Crippen LogP contribution in [0.3, 0.4) is 0 Å². The Kier molecular flexibility index (Phi) is 6.95. The summed E-state index contributed by atoms with van der Waals surface area (Å²) in [6, 6.07) is 7.60. The monoisotopic (exact) mass is 441 g/mol. The largest absolute Gasteiger partial charge is 0.341 e. The highest BCUT2D eigenvalue weighted by atomic mass is 32.2. The van der Waals surface area contributed by atoms with Gasteiger partial charge in [-0.2, -0.15) is 0 Å². The van der Waals surface area contributed by atoms with E-state index >= 15 is 0 Å². The van der Waals surface area contributed by atoms with Crippen LogP contribution in [0.5, 0.6) is 0 Å². The van der Waals surface area contributed by atoms with Crippen LogP contribution in [-0.4, -0.2) is 45.3 Å². The predicted octanol–water partition coefficient (Wildman–Crippen LogP) is 4.56. The molecule has 4 rings (SSSR count). The average molecular weight is 442 g/mol. The fourth-order valence-electron chi connectivity index (χ4n) is 3.87. The number of piperidine rings is 1. The van der Waals surface area contributed by atoms with Gasteiger partial charge in [-0.15, -0.1) is 10.2 Å². The van der Waals surface area contributed by atoms with Gasteiger partial charge in [0.25, 0.3) is 0 Å². The molecule has 0 atom stereocenters. The lowest BCUT2D eigenvalue weighted by molar-refractivity contribution is -0.116. The molecule has 31 heavy (non-hydrogen) atoms. The zero-order chi connectivity index (χ0) is 21.8. The van der Waals surface area contributed by atoms with Crippen LogP contribution in [0.25, 0.3) is 0 Å². The SMILES string of the molecule is CC(C)CC(=O)Nc1ccc(C(=O)CSc2nnc(N3CCCCC3)n2C2CC2)cc1. The molecule has 2 aliphatic rings. The minimum absolute atomic E-state index is 0.00597. The zero-order valence-corrected chi connectivity index (χ0v) is 19.2. The molecule has 2 heterocycles. The van der Waals surface area contributed by atoms with Crippen LogP contribution in [0.15, 0.2) is 29.4 Å². The number of Topliss-reactive ketones (excluding diaryl/α,β-unsaturated/α-hetero) is 1. The number of ketones is 1. The number of hydrogen-bond donors (Lipinski definition) is 1. The Labute approximate surface area is 188 Å². The summed E-state index contributed by atoms with van der Waals surface area (Å²) in [5.41, 5.74) is 1.36. The van der Waals surface area contributed by atoms with Gasteiger partial charge >= 0.3 is 0 Å². The van der Waals surface area contributed by atoms with Gasteiger partial charge in [0.2, 0.25) is 11.9 Å². The second-order valence-corrected chi connectivity index (χ2v) is 9.81. The van der Waals surface area contributed by atoms with Crippen molar-refractivity contribution in [1.29, 1.82) is 0 Å². The van der Waals surface area contributed by atoms with E-state index in [2.05, 4.69) is 25.0 Å². The number of carbonyl (C=O) groups is 2. The van der Waals surface area contributed by atoms with Gasteiger partial charge in [0.1, 0.15) is 0 Å². The van der Waals surface area contributed by atoms with Gasteiger partial charge in [-0.25, -0.2) is 0 Å². The number of anilines is 2. The molecule has 1 N–H and O–H groups in total. The second kappa shape index (κ2) is 9.85. The summed E-state index contributed by atoms with van der Waals surface area (Å²) in [7, 11) is 0. The molecule has 1 saturated heterocycles. The average Bonchev–Trinajstić information content (AvgIpc) is 3.51. The minimum atomic E-state index is -0.00597. The maximum absolute atomic E-state index is 12.7. The first-order chi connectivity index (χ1) is 15.0. The van der Waals surface area contributed by atoms with Crippen molar-refractivity contribution in [1.82, 2.24) is 14.8 Å². The van der Waals surface area contributed by atoms with Crippen molar-refractivity contribution < 1.29 is 9.59 Å². The Morgan fingerprint density at radius 3 is 2.45 bits per heavy atom. The number of amides is 1. The summed E-state index contributed by atoms with van der Waals surface area (Å²) in [4.78, 5) is 27.0. The van der Waals surface area contributed by atoms with Crippen molar-refractivity contribution in [2.24, 2.45) is 5.92 Å². The minimum Gasteiger partial charge on any atom is -0.341 e. The normalized spacial score (nSPS) is 16.5. The molecular formula is C23H31N5O2S. The van der Waals surface area contributed by atoms with Crippen LogP contribution in [0.4, 0.5) is 11.6 Å². The molecule has 8 heteroatoms. The Morgan fingerprint density at radius 1 is 1.10 bits per heavy atom. The Hall–Kier alpha value is -2.35. The third-order valence-corrected chi connectivity index (χ3v) is 6.56. The van der Waals surface area contributed by atoms with Gasteiger partial charge in [-0.1, -0.05) is 25.6 Å². The molecule has 1 aliphatic heterocycles. The third kappa shape index (κ3) is 5.67. The van der Waals surface area contributed by atoms with E-state index in [9.17, 15) is 9.59 Å². The first kappa shape index (κ1) is 21.9. The number of aromatic nitrogens is 3. The molecule has 0 radical (unpaired) electrons. The smallest absolute Gasteiger partial charge is 0.228 e. The quantitative estimate of drug-likeness (QED) is 0.454. The van der Waals surface area contributed by atoms with E-state index in [0.717, 1.165) is 42.7 Å². The lowest BCUT2D eigenvalue weighted by Gasteiger charge is -2.27. The number of rotatable bonds is 9. The highest BCUT2D eigenvalue weighted by Gasteiger charge is 2.32. The predicted molar refractivity (Wildman–Crippen MR) is 124 cm³/mol. The van der Waals surface area contributed by atoms with Crippen molar-refractivity contribution in [3.63, 3.8) is 0 Å². The summed E-state index contributed by atoms with van der Waals surface area (Å²) >= 11 is 1.47. The van der Waals surface area contributed by atoms with Crippen LogP contribution in [0.1, 0.15) is 68.8 Å². The zero-order valence-electron chi connectivity index (χ0n) is 18.3. The molecule has 2 fully saturated rings. The van der Waals surface area contributed by atoms with Gasteiger partial charge in [-0.05, 0) is 62.3 Å². The van der Waals surface area contributed by atoms with Crippen molar-refractivity contribution in [2.45, 2.75) is 63.6 Å². The van der Waals surface area contributed by atoms with E-state index in [1.54, 1.807) is 24.3 Å². The molecule has 7 nitrogen and oxygen atoms in total. The van der Waals surface area contributed by atoms with E-state index in [1.807, 2.05) is 13.8 Å². The van der Waals surface area contributed by atoms with E-state index in [1.165, 1.54) is 31.0 Å². The molecule has 2 aromatic rings. The maximum atomic E-state index is 12.7. The number of benzene rings is 1. The van der Waals surface area contributed by atoms with Crippen LogP contribution in [0.2, 0.25) is 0 Å². The molecule has 166 valence electrons. The molecular weight excluding hydrogens is 410 g/mol. The number of carbonyl (C=O) groups excluding carboxylic acids is 2. The van der Waals surface area contributed by atoms with Gasteiger partial charge in [0.05, 0.1) is 5.75 Å². The summed E-state index contributed by atoms with van der Waals surface area (Å²) < 4.78 is 2.25. The van der Waals surface area contributed by atoms with Gasteiger partial charge in [-0.3, -0.25) is 14.2 Å². The van der Waals surface area contributed by atoms with Gasteiger partial charge in [0.15, 0.2) is 10.9 Å². The molecule has 1 aromatic heterocycles. The summed E-state index contributed by atoms with van der Waals surface area (Å²) in [5, 5.41) is 12.6. The molecule has 0 bridgehead atoms. The van der Waals surface area contributed by atoms with Crippen molar-refractivity contribution in [3.8, 4) is 0 Å². The lowest BCUT2D eigenvalue weighted by atomic mass is 10.1. The van der Waals surface area contributed by atoms with E-state index in [4.69, 9.17) is 0 Å². The van der Waals surface area contributed by atoms with E-state index in [-0.39, 0.29) is 11.7 Å². The fourth-order valence-corrected chi connectivity index (χ4v) is 4.76.